The van der Waals surface area contributed by atoms with Crippen molar-refractivity contribution < 1.29 is 14.0 Å². The van der Waals surface area contributed by atoms with E-state index < -0.39 is 6.04 Å². The van der Waals surface area contributed by atoms with Gasteiger partial charge in [-0.1, -0.05) is 12.1 Å². The fourth-order valence-electron chi connectivity index (χ4n) is 3.38. The van der Waals surface area contributed by atoms with Gasteiger partial charge in [0.2, 0.25) is 5.91 Å². The van der Waals surface area contributed by atoms with E-state index in [2.05, 4.69) is 34.5 Å². The van der Waals surface area contributed by atoms with Gasteiger partial charge >= 0.3 is 0 Å². The van der Waals surface area contributed by atoms with Crippen molar-refractivity contribution in [2.24, 2.45) is 0 Å². The van der Waals surface area contributed by atoms with Crippen LogP contribution in [-0.2, 0) is 11.3 Å². The number of benzene rings is 1. The molecule has 1 aromatic carbocycles. The van der Waals surface area contributed by atoms with Gasteiger partial charge in [-0.05, 0) is 56.0 Å². The predicted molar refractivity (Wildman–Crippen MR) is 105 cm³/mol. The van der Waals surface area contributed by atoms with Gasteiger partial charge in [0.15, 0.2) is 5.76 Å². The van der Waals surface area contributed by atoms with Crippen LogP contribution in [0, 0.1) is 0 Å². The summed E-state index contributed by atoms with van der Waals surface area (Å²) in [5.41, 5.74) is 2.31. The van der Waals surface area contributed by atoms with Crippen LogP contribution in [0.1, 0.15) is 42.3 Å². The number of piperidine rings is 1. The SMILES string of the molecule is C[C@H](NC(=O)c1ccco1)C(=O)N(C)Cc1ccc(N2CCCCC2)cc1. The molecule has 6 nitrogen and oxygen atoms in total. The van der Waals surface area contributed by atoms with Crippen LogP contribution >= 0.6 is 0 Å². The fourth-order valence-corrected chi connectivity index (χ4v) is 3.38. The standard InChI is InChI=1S/C21H27N3O3/c1-16(22-20(25)19-7-6-14-27-19)21(26)23(2)15-17-8-10-18(11-9-17)24-12-4-3-5-13-24/h6-11,14,16H,3-5,12-13,15H2,1-2H3,(H,22,25)/t16-/m0/s1. The number of nitrogens with zero attached hydrogens (tertiary/aromatic N) is 2. The average molecular weight is 369 g/mol. The van der Waals surface area contributed by atoms with Gasteiger partial charge < -0.3 is 19.5 Å². The summed E-state index contributed by atoms with van der Waals surface area (Å²) in [7, 11) is 1.75. The lowest BCUT2D eigenvalue weighted by Crippen LogP contribution is -2.45. The number of rotatable bonds is 6. The lowest BCUT2D eigenvalue weighted by molar-refractivity contribution is -0.132. The van der Waals surface area contributed by atoms with Crippen molar-refractivity contribution in [1.29, 1.82) is 0 Å². The van der Waals surface area contributed by atoms with E-state index in [1.165, 1.54) is 31.2 Å². The van der Waals surface area contributed by atoms with Gasteiger partial charge in [0.25, 0.3) is 5.91 Å². The molecule has 0 aliphatic carbocycles. The van der Waals surface area contributed by atoms with Gasteiger partial charge in [0.05, 0.1) is 6.26 Å². The summed E-state index contributed by atoms with van der Waals surface area (Å²) in [5, 5.41) is 2.67. The highest BCUT2D eigenvalue weighted by molar-refractivity contribution is 5.95. The summed E-state index contributed by atoms with van der Waals surface area (Å²) in [4.78, 5) is 28.6. The lowest BCUT2D eigenvalue weighted by atomic mass is 10.1. The average Bonchev–Trinajstić information content (AvgIpc) is 3.23. The van der Waals surface area contributed by atoms with Crippen LogP contribution in [0.4, 0.5) is 5.69 Å². The van der Waals surface area contributed by atoms with E-state index in [0.29, 0.717) is 6.54 Å². The summed E-state index contributed by atoms with van der Waals surface area (Å²) in [6.07, 6.45) is 5.25. The third-order valence-corrected chi connectivity index (χ3v) is 4.92. The van der Waals surface area contributed by atoms with Crippen molar-refractivity contribution in [3.8, 4) is 0 Å². The molecule has 0 radical (unpaired) electrons. The molecule has 1 atom stereocenters. The van der Waals surface area contributed by atoms with Crippen molar-refractivity contribution in [1.82, 2.24) is 10.2 Å². The Morgan fingerprint density at radius 1 is 1.15 bits per heavy atom. The first-order valence-corrected chi connectivity index (χ1v) is 9.48. The molecular formula is C21H27N3O3. The Bertz CT molecular complexity index is 749. The van der Waals surface area contributed by atoms with E-state index in [9.17, 15) is 9.59 Å². The van der Waals surface area contributed by atoms with Crippen molar-refractivity contribution in [2.45, 2.75) is 38.8 Å². The topological polar surface area (TPSA) is 65.8 Å². The van der Waals surface area contributed by atoms with Gasteiger partial charge in [-0.15, -0.1) is 0 Å². The molecule has 1 saturated heterocycles. The summed E-state index contributed by atoms with van der Waals surface area (Å²) in [6.45, 7) is 4.41. The van der Waals surface area contributed by atoms with E-state index in [1.54, 1.807) is 31.0 Å². The second-order valence-electron chi connectivity index (χ2n) is 7.08. The molecule has 0 bridgehead atoms. The highest BCUT2D eigenvalue weighted by atomic mass is 16.3. The van der Waals surface area contributed by atoms with Crippen LogP contribution in [0.15, 0.2) is 47.1 Å². The normalized spacial score (nSPS) is 15.3. The van der Waals surface area contributed by atoms with Crippen molar-refractivity contribution in [3.63, 3.8) is 0 Å². The molecular weight excluding hydrogens is 342 g/mol. The number of carbonyl (C=O) groups excluding carboxylic acids is 2. The second kappa shape index (κ2) is 8.75. The number of nitrogens with one attached hydrogen (secondary N) is 1. The predicted octanol–water partition coefficient (Wildman–Crippen LogP) is 3.05. The Morgan fingerprint density at radius 3 is 2.48 bits per heavy atom. The summed E-state index contributed by atoms with van der Waals surface area (Å²) in [6, 6.07) is 11.0. The number of hydrogen-bond donors (Lipinski definition) is 1. The molecule has 2 heterocycles. The number of furan rings is 1. The molecule has 6 heteroatoms. The number of likely N-dealkylation sites (N-methyl/N-ethyl adjacent to an activating group) is 1. The van der Waals surface area contributed by atoms with Crippen LogP contribution < -0.4 is 10.2 Å². The molecule has 3 rings (SSSR count). The number of carbonyl (C=O) groups is 2. The molecule has 0 saturated carbocycles. The molecule has 1 fully saturated rings. The Hall–Kier alpha value is -2.76. The Balaban J connectivity index is 1.53. The van der Waals surface area contributed by atoms with Crippen LogP contribution in [0.25, 0.3) is 0 Å². The highest BCUT2D eigenvalue weighted by Gasteiger charge is 2.21. The molecule has 1 N–H and O–H groups in total. The van der Waals surface area contributed by atoms with Crippen molar-refractivity contribution in [2.75, 3.05) is 25.0 Å². The van der Waals surface area contributed by atoms with Gasteiger partial charge in [0, 0.05) is 32.4 Å². The molecule has 2 aromatic rings. The largest absolute Gasteiger partial charge is 0.459 e. The van der Waals surface area contributed by atoms with Gasteiger partial charge in [-0.3, -0.25) is 9.59 Å². The van der Waals surface area contributed by atoms with E-state index >= 15 is 0 Å². The van der Waals surface area contributed by atoms with E-state index in [1.807, 2.05) is 0 Å². The molecule has 0 unspecified atom stereocenters. The van der Waals surface area contributed by atoms with Crippen molar-refractivity contribution >= 4 is 17.5 Å². The van der Waals surface area contributed by atoms with E-state index in [4.69, 9.17) is 4.42 Å². The maximum atomic E-state index is 12.5. The molecule has 0 spiro atoms. The molecule has 27 heavy (non-hydrogen) atoms. The quantitative estimate of drug-likeness (QED) is 0.850. The zero-order chi connectivity index (χ0) is 19.2. The molecule has 2 amide bonds. The number of hydrogen-bond acceptors (Lipinski definition) is 4. The summed E-state index contributed by atoms with van der Waals surface area (Å²) in [5.74, 6) is -0.333. The third kappa shape index (κ3) is 4.90. The maximum Gasteiger partial charge on any atom is 0.287 e. The Morgan fingerprint density at radius 2 is 1.85 bits per heavy atom. The lowest BCUT2D eigenvalue weighted by Gasteiger charge is -2.29. The fraction of sp³-hybridized carbons (Fsp3) is 0.429. The summed E-state index contributed by atoms with van der Waals surface area (Å²) >= 11 is 0. The van der Waals surface area contributed by atoms with Gasteiger partial charge in [-0.25, -0.2) is 0 Å². The highest BCUT2D eigenvalue weighted by Crippen LogP contribution is 2.20. The minimum atomic E-state index is -0.625. The first-order valence-electron chi connectivity index (χ1n) is 9.48. The monoisotopic (exact) mass is 369 g/mol. The van der Waals surface area contributed by atoms with Crippen LogP contribution in [0.3, 0.4) is 0 Å². The molecule has 1 aliphatic heterocycles. The minimum Gasteiger partial charge on any atom is -0.459 e. The Kier molecular flexibility index (Phi) is 6.16. The first-order chi connectivity index (χ1) is 13.0. The number of anilines is 1. The van der Waals surface area contributed by atoms with Crippen LogP contribution in [0.5, 0.6) is 0 Å². The maximum absolute atomic E-state index is 12.5. The number of amides is 2. The van der Waals surface area contributed by atoms with Crippen molar-refractivity contribution in [3.05, 3.63) is 54.0 Å². The van der Waals surface area contributed by atoms with Gasteiger partial charge in [0.1, 0.15) is 6.04 Å². The minimum absolute atomic E-state index is 0.144. The third-order valence-electron chi connectivity index (χ3n) is 4.92. The second-order valence-corrected chi connectivity index (χ2v) is 7.08. The molecule has 1 aliphatic rings. The Labute approximate surface area is 160 Å². The zero-order valence-corrected chi connectivity index (χ0v) is 16.0. The van der Waals surface area contributed by atoms with E-state index in [-0.39, 0.29) is 17.6 Å². The van der Waals surface area contributed by atoms with Crippen LogP contribution in [-0.4, -0.2) is 42.9 Å². The zero-order valence-electron chi connectivity index (χ0n) is 16.0. The summed E-state index contributed by atoms with van der Waals surface area (Å²) < 4.78 is 5.05. The van der Waals surface area contributed by atoms with Gasteiger partial charge in [-0.2, -0.15) is 0 Å². The van der Waals surface area contributed by atoms with E-state index in [0.717, 1.165) is 18.7 Å². The molecule has 1 aromatic heterocycles. The smallest absolute Gasteiger partial charge is 0.287 e. The molecule has 144 valence electrons. The first kappa shape index (κ1) is 19.0. The van der Waals surface area contributed by atoms with Crippen LogP contribution in [0.2, 0.25) is 0 Å².